The monoisotopic (exact) mass is 278 g/mol. The number of hydrogen-bond acceptors (Lipinski definition) is 2. The van der Waals surface area contributed by atoms with Crippen LogP contribution >= 0.6 is 0 Å². The van der Waals surface area contributed by atoms with E-state index in [1.54, 1.807) is 0 Å². The maximum Gasteiger partial charge on any atom is 0.461 e. The van der Waals surface area contributed by atoms with Crippen molar-refractivity contribution in [2.75, 3.05) is 0 Å². The van der Waals surface area contributed by atoms with Crippen molar-refractivity contribution in [3.8, 4) is 0 Å². The van der Waals surface area contributed by atoms with Crippen LogP contribution in [0.25, 0.3) is 0 Å². The molecule has 1 aliphatic heterocycles. The average molecular weight is 278 g/mol. The Hall–Kier alpha value is -0.0151. The Morgan fingerprint density at radius 2 is 1.20 bits per heavy atom. The molecule has 3 rings (SSSR count). The van der Waals surface area contributed by atoms with E-state index in [4.69, 9.17) is 9.31 Å². The molecule has 20 heavy (non-hydrogen) atoms. The summed E-state index contributed by atoms with van der Waals surface area (Å²) in [4.78, 5) is 0. The zero-order valence-electron chi connectivity index (χ0n) is 13.8. The van der Waals surface area contributed by atoms with Gasteiger partial charge in [-0.1, -0.05) is 51.4 Å². The third-order valence-corrected chi connectivity index (χ3v) is 6.47. The van der Waals surface area contributed by atoms with Crippen molar-refractivity contribution < 1.29 is 9.31 Å². The quantitative estimate of drug-likeness (QED) is 0.688. The van der Waals surface area contributed by atoms with Gasteiger partial charge in [0.25, 0.3) is 0 Å². The molecule has 0 amide bonds. The summed E-state index contributed by atoms with van der Waals surface area (Å²) >= 11 is 0. The largest absolute Gasteiger partial charge is 0.461 e. The van der Waals surface area contributed by atoms with Gasteiger partial charge in [-0.25, -0.2) is 0 Å². The molecule has 2 nitrogen and oxygen atoms in total. The molecule has 0 spiro atoms. The Morgan fingerprint density at radius 3 is 1.60 bits per heavy atom. The molecule has 2 saturated carbocycles. The molecule has 2 aliphatic carbocycles. The molecule has 1 saturated heterocycles. The fourth-order valence-corrected chi connectivity index (χ4v) is 4.22. The predicted molar refractivity (Wildman–Crippen MR) is 83.7 cm³/mol. The van der Waals surface area contributed by atoms with Gasteiger partial charge in [0.15, 0.2) is 0 Å². The minimum atomic E-state index is -0.172. The first-order chi connectivity index (χ1) is 9.41. The van der Waals surface area contributed by atoms with E-state index in [1.807, 2.05) is 0 Å². The van der Waals surface area contributed by atoms with Crippen molar-refractivity contribution in [1.29, 1.82) is 0 Å². The van der Waals surface area contributed by atoms with E-state index < -0.39 is 0 Å². The third-order valence-electron chi connectivity index (χ3n) is 6.47. The molecule has 0 radical (unpaired) electrons. The molecule has 3 aliphatic rings. The van der Waals surface area contributed by atoms with Gasteiger partial charge < -0.3 is 9.31 Å². The third kappa shape index (κ3) is 2.56. The van der Waals surface area contributed by atoms with Crippen molar-refractivity contribution in [2.45, 2.75) is 96.1 Å². The van der Waals surface area contributed by atoms with Crippen molar-refractivity contribution in [3.05, 3.63) is 0 Å². The second-order valence-electron chi connectivity index (χ2n) is 8.29. The molecule has 0 aromatic heterocycles. The lowest BCUT2D eigenvalue weighted by atomic mass is 9.52. The van der Waals surface area contributed by atoms with Gasteiger partial charge in [0.2, 0.25) is 0 Å². The zero-order valence-corrected chi connectivity index (χ0v) is 13.8. The molecule has 0 N–H and O–H groups in total. The van der Waals surface area contributed by atoms with Gasteiger partial charge in [0.05, 0.1) is 11.2 Å². The lowest BCUT2D eigenvalue weighted by Gasteiger charge is -2.41. The van der Waals surface area contributed by atoms with E-state index in [0.29, 0.717) is 5.82 Å². The summed E-state index contributed by atoms with van der Waals surface area (Å²) in [5, 5.41) is 0. The molecule has 114 valence electrons. The first-order valence-electron chi connectivity index (χ1n) is 8.76. The lowest BCUT2D eigenvalue weighted by Crippen LogP contribution is -2.41. The molecular formula is C17H31BO2. The highest BCUT2D eigenvalue weighted by Crippen LogP contribution is 2.52. The van der Waals surface area contributed by atoms with Crippen LogP contribution in [0.1, 0.15) is 79.1 Å². The van der Waals surface area contributed by atoms with E-state index in [2.05, 4.69) is 27.7 Å². The van der Waals surface area contributed by atoms with E-state index in [-0.39, 0.29) is 18.3 Å². The lowest BCUT2D eigenvalue weighted by molar-refractivity contribution is 0.00578. The van der Waals surface area contributed by atoms with Gasteiger partial charge >= 0.3 is 7.12 Å². The standard InChI is InChI=1S/C17H31BO2/c1-16(2)17(3,4)20-18(19-16)15(14-11-8-12-14)13-9-6-5-7-10-13/h13-15H,5-12H2,1-4H3/t15-/m0/s1. The summed E-state index contributed by atoms with van der Waals surface area (Å²) < 4.78 is 12.8. The average Bonchev–Trinajstić information content (AvgIpc) is 2.53. The van der Waals surface area contributed by atoms with Gasteiger partial charge in [-0.15, -0.1) is 0 Å². The van der Waals surface area contributed by atoms with Gasteiger partial charge in [-0.2, -0.15) is 0 Å². The minimum absolute atomic E-state index is 0.0356. The van der Waals surface area contributed by atoms with E-state index in [9.17, 15) is 0 Å². The van der Waals surface area contributed by atoms with E-state index in [1.165, 1.54) is 51.4 Å². The second-order valence-corrected chi connectivity index (χ2v) is 8.29. The van der Waals surface area contributed by atoms with Gasteiger partial charge in [0.1, 0.15) is 0 Å². The highest BCUT2D eigenvalue weighted by molar-refractivity contribution is 6.47. The molecule has 0 unspecified atom stereocenters. The van der Waals surface area contributed by atoms with Crippen LogP contribution in [-0.2, 0) is 9.31 Å². The van der Waals surface area contributed by atoms with Gasteiger partial charge in [0, 0.05) is 0 Å². The topological polar surface area (TPSA) is 18.5 Å². The number of hydrogen-bond donors (Lipinski definition) is 0. The van der Waals surface area contributed by atoms with Crippen molar-refractivity contribution in [2.24, 2.45) is 11.8 Å². The summed E-state index contributed by atoms with van der Waals surface area (Å²) in [5.41, 5.74) is -0.345. The molecule has 1 heterocycles. The Balaban J connectivity index is 1.76. The summed E-state index contributed by atoms with van der Waals surface area (Å²) in [6.45, 7) is 8.74. The van der Waals surface area contributed by atoms with Crippen LogP contribution in [0.15, 0.2) is 0 Å². The first-order valence-corrected chi connectivity index (χ1v) is 8.76. The van der Waals surface area contributed by atoms with Crippen LogP contribution in [0.2, 0.25) is 5.82 Å². The molecule has 3 fully saturated rings. The molecule has 1 atom stereocenters. The fraction of sp³-hybridized carbons (Fsp3) is 1.00. The molecular weight excluding hydrogens is 247 g/mol. The van der Waals surface area contributed by atoms with Crippen LogP contribution in [0, 0.1) is 11.8 Å². The van der Waals surface area contributed by atoms with Crippen LogP contribution in [-0.4, -0.2) is 18.3 Å². The maximum atomic E-state index is 6.41. The van der Waals surface area contributed by atoms with Crippen molar-refractivity contribution >= 4 is 7.12 Å². The fourth-order valence-electron chi connectivity index (χ4n) is 4.22. The maximum absolute atomic E-state index is 6.41. The zero-order chi connectivity index (χ0) is 14.4. The Kier molecular flexibility index (Phi) is 3.96. The SMILES string of the molecule is CC1(C)OB([C@@H](C2CCCCC2)C2CCC2)OC1(C)C. The summed E-state index contributed by atoms with van der Waals surface area (Å²) in [6, 6.07) is 0. The van der Waals surface area contributed by atoms with Crippen molar-refractivity contribution in [3.63, 3.8) is 0 Å². The van der Waals surface area contributed by atoms with E-state index in [0.717, 1.165) is 11.8 Å². The van der Waals surface area contributed by atoms with Crippen LogP contribution in [0.4, 0.5) is 0 Å². The normalized spacial score (nSPS) is 32.1. The Bertz CT molecular complexity index is 327. The van der Waals surface area contributed by atoms with Crippen LogP contribution < -0.4 is 0 Å². The first kappa shape index (κ1) is 14.9. The summed E-state index contributed by atoms with van der Waals surface area (Å²) in [6.07, 6.45) is 11.2. The predicted octanol–water partition coefficient (Wildman–Crippen LogP) is 4.83. The second kappa shape index (κ2) is 5.32. The van der Waals surface area contributed by atoms with Crippen LogP contribution in [0.3, 0.4) is 0 Å². The highest BCUT2D eigenvalue weighted by Gasteiger charge is 2.56. The minimum Gasteiger partial charge on any atom is -0.403 e. The molecule has 3 heteroatoms. The van der Waals surface area contributed by atoms with Crippen LogP contribution in [0.5, 0.6) is 0 Å². The van der Waals surface area contributed by atoms with Gasteiger partial charge in [-0.05, 0) is 45.3 Å². The van der Waals surface area contributed by atoms with Gasteiger partial charge in [-0.3, -0.25) is 0 Å². The van der Waals surface area contributed by atoms with E-state index >= 15 is 0 Å². The summed E-state index contributed by atoms with van der Waals surface area (Å²) in [5.74, 6) is 2.33. The Morgan fingerprint density at radius 1 is 0.750 bits per heavy atom. The van der Waals surface area contributed by atoms with Crippen molar-refractivity contribution in [1.82, 2.24) is 0 Å². The Labute approximate surface area is 125 Å². The summed E-state index contributed by atoms with van der Waals surface area (Å²) in [7, 11) is 0.0356. The molecule has 0 aromatic rings. The molecule has 0 aromatic carbocycles. The highest BCUT2D eigenvalue weighted by atomic mass is 16.7. The smallest absolute Gasteiger partial charge is 0.403 e. The molecule has 0 bridgehead atoms. The number of rotatable bonds is 3.